The second-order valence-electron chi connectivity index (χ2n) is 1.66. The van der Waals surface area contributed by atoms with Gasteiger partial charge in [-0.2, -0.15) is 0 Å². The molecule has 1 heterocycles. The van der Waals surface area contributed by atoms with Crippen LogP contribution in [0.3, 0.4) is 0 Å². The highest BCUT2D eigenvalue weighted by atomic mass is 32.1. The number of aryl methyl sites for hydroxylation is 1. The Bertz CT molecular complexity index is 246. The Morgan fingerprint density at radius 3 is 3.00 bits per heavy atom. The van der Waals surface area contributed by atoms with E-state index in [1.165, 1.54) is 11.3 Å². The van der Waals surface area contributed by atoms with E-state index in [2.05, 4.69) is 9.72 Å². The molecule has 0 atom stereocenters. The number of hydrogen-bond acceptors (Lipinski definition) is 4. The van der Waals surface area contributed by atoms with Crippen molar-refractivity contribution in [2.45, 2.75) is 6.92 Å². The number of thiazole rings is 1. The van der Waals surface area contributed by atoms with Gasteiger partial charge in [0.15, 0.2) is 0 Å². The highest BCUT2D eigenvalue weighted by molar-refractivity contribution is 7.13. The Balaban J connectivity index is 2.67. The van der Waals surface area contributed by atoms with Crippen molar-refractivity contribution in [2.24, 2.45) is 5.73 Å². The molecule has 0 spiro atoms. The molecular weight excluding hydrogens is 152 g/mol. The van der Waals surface area contributed by atoms with Gasteiger partial charge < -0.3 is 10.5 Å². The molecule has 0 unspecified atom stereocenters. The van der Waals surface area contributed by atoms with Gasteiger partial charge in [-0.1, -0.05) is 11.3 Å². The number of hydrogen-bond donors (Lipinski definition) is 1. The van der Waals surface area contributed by atoms with Crippen LogP contribution in [-0.2, 0) is 0 Å². The monoisotopic (exact) mass is 158 g/mol. The van der Waals surface area contributed by atoms with E-state index in [1.807, 2.05) is 6.92 Å². The van der Waals surface area contributed by atoms with Crippen LogP contribution in [-0.4, -0.2) is 11.1 Å². The predicted octanol–water partition coefficient (Wildman–Crippen LogP) is 0.909. The van der Waals surface area contributed by atoms with Crippen LogP contribution < -0.4 is 10.5 Å². The van der Waals surface area contributed by atoms with Crippen molar-refractivity contribution < 1.29 is 9.53 Å². The first-order valence-electron chi connectivity index (χ1n) is 2.58. The molecule has 0 aromatic carbocycles. The lowest BCUT2D eigenvalue weighted by atomic mass is 10.7. The number of carbonyl (C=O) groups is 1. The van der Waals surface area contributed by atoms with E-state index in [4.69, 9.17) is 5.73 Å². The van der Waals surface area contributed by atoms with Crippen LogP contribution in [0.5, 0.6) is 5.19 Å². The van der Waals surface area contributed by atoms with Gasteiger partial charge in [-0.3, -0.25) is 0 Å². The third-order valence-corrected chi connectivity index (χ3v) is 1.58. The Hall–Kier alpha value is -1.10. The normalized spacial score (nSPS) is 9.30. The molecule has 4 nitrogen and oxygen atoms in total. The molecule has 10 heavy (non-hydrogen) atoms. The summed E-state index contributed by atoms with van der Waals surface area (Å²) in [5.74, 6) is 0. The topological polar surface area (TPSA) is 65.2 Å². The van der Waals surface area contributed by atoms with Crippen molar-refractivity contribution in [1.29, 1.82) is 0 Å². The predicted molar refractivity (Wildman–Crippen MR) is 37.1 cm³/mol. The average Bonchev–Trinajstić information content (AvgIpc) is 2.13. The Labute approximate surface area is 61.6 Å². The van der Waals surface area contributed by atoms with E-state index in [0.717, 1.165) is 4.88 Å². The smallest absolute Gasteiger partial charge is 0.381 e. The number of aromatic nitrogens is 1. The van der Waals surface area contributed by atoms with Crippen LogP contribution >= 0.6 is 11.3 Å². The van der Waals surface area contributed by atoms with Gasteiger partial charge in [0.1, 0.15) is 0 Å². The van der Waals surface area contributed by atoms with Crippen LogP contribution in [0, 0.1) is 6.92 Å². The van der Waals surface area contributed by atoms with Crippen molar-refractivity contribution in [3.05, 3.63) is 11.1 Å². The fraction of sp³-hybridized carbons (Fsp3) is 0.200. The lowest BCUT2D eigenvalue weighted by Crippen LogP contribution is -2.15. The maximum atomic E-state index is 10.1. The van der Waals surface area contributed by atoms with E-state index in [0.29, 0.717) is 5.19 Å². The van der Waals surface area contributed by atoms with Gasteiger partial charge in [0.25, 0.3) is 5.19 Å². The minimum atomic E-state index is -0.825. The zero-order valence-electron chi connectivity index (χ0n) is 5.33. The number of ether oxygens (including phenoxy) is 1. The molecule has 0 aliphatic carbocycles. The van der Waals surface area contributed by atoms with Gasteiger partial charge in [-0.05, 0) is 6.92 Å². The molecule has 1 amide bonds. The van der Waals surface area contributed by atoms with E-state index in [1.54, 1.807) is 6.20 Å². The molecule has 5 heteroatoms. The summed E-state index contributed by atoms with van der Waals surface area (Å²) >= 11 is 1.28. The van der Waals surface area contributed by atoms with Gasteiger partial charge in [0, 0.05) is 11.1 Å². The molecule has 0 saturated carbocycles. The molecule has 2 N–H and O–H groups in total. The van der Waals surface area contributed by atoms with Crippen molar-refractivity contribution >= 4 is 17.4 Å². The van der Waals surface area contributed by atoms with Gasteiger partial charge in [-0.15, -0.1) is 0 Å². The molecular formula is C5H6N2O2S. The molecule has 0 aliphatic rings. The summed E-state index contributed by atoms with van der Waals surface area (Å²) in [7, 11) is 0. The quantitative estimate of drug-likeness (QED) is 0.660. The van der Waals surface area contributed by atoms with E-state index < -0.39 is 6.09 Å². The molecule has 0 radical (unpaired) electrons. The molecule has 1 aromatic heterocycles. The summed E-state index contributed by atoms with van der Waals surface area (Å²) in [6.07, 6.45) is 0.789. The van der Waals surface area contributed by atoms with Crippen LogP contribution in [0.15, 0.2) is 6.20 Å². The minimum absolute atomic E-state index is 0.296. The van der Waals surface area contributed by atoms with Crippen molar-refractivity contribution in [1.82, 2.24) is 4.98 Å². The standard InChI is InChI=1S/C5H6N2O2S/c1-3-2-7-5(10-3)9-4(6)8/h2H,1H3,(H2,6,8). The summed E-state index contributed by atoms with van der Waals surface area (Å²) in [6.45, 7) is 1.87. The summed E-state index contributed by atoms with van der Waals surface area (Å²) in [6, 6.07) is 0. The fourth-order valence-corrected chi connectivity index (χ4v) is 1.08. The molecule has 0 fully saturated rings. The van der Waals surface area contributed by atoms with Crippen LogP contribution in [0.25, 0.3) is 0 Å². The first-order valence-corrected chi connectivity index (χ1v) is 3.40. The van der Waals surface area contributed by atoms with Gasteiger partial charge in [0.05, 0.1) is 0 Å². The highest BCUT2D eigenvalue weighted by Gasteiger charge is 2.01. The maximum Gasteiger partial charge on any atom is 0.411 e. The van der Waals surface area contributed by atoms with Gasteiger partial charge in [0.2, 0.25) is 0 Å². The fourth-order valence-electron chi connectivity index (χ4n) is 0.467. The van der Waals surface area contributed by atoms with Crippen LogP contribution in [0.1, 0.15) is 4.88 Å². The highest BCUT2D eigenvalue weighted by Crippen LogP contribution is 2.18. The molecule has 0 aliphatic heterocycles. The van der Waals surface area contributed by atoms with Crippen molar-refractivity contribution in [3.63, 3.8) is 0 Å². The number of amides is 1. The molecule has 54 valence electrons. The molecule has 1 rings (SSSR count). The number of rotatable bonds is 1. The molecule has 1 aromatic rings. The van der Waals surface area contributed by atoms with Crippen LogP contribution in [0.2, 0.25) is 0 Å². The largest absolute Gasteiger partial charge is 0.411 e. The van der Waals surface area contributed by atoms with Crippen LogP contribution in [0.4, 0.5) is 4.79 Å². The van der Waals surface area contributed by atoms with Gasteiger partial charge >= 0.3 is 6.09 Å². The van der Waals surface area contributed by atoms with E-state index >= 15 is 0 Å². The Morgan fingerprint density at radius 1 is 1.90 bits per heavy atom. The summed E-state index contributed by atoms with van der Waals surface area (Å²) in [5, 5.41) is 0.296. The third-order valence-electron chi connectivity index (χ3n) is 0.788. The van der Waals surface area contributed by atoms with Gasteiger partial charge in [-0.25, -0.2) is 9.78 Å². The van der Waals surface area contributed by atoms with E-state index in [9.17, 15) is 4.79 Å². The Morgan fingerprint density at radius 2 is 2.60 bits per heavy atom. The average molecular weight is 158 g/mol. The zero-order valence-corrected chi connectivity index (χ0v) is 6.14. The first-order chi connectivity index (χ1) is 4.68. The number of nitrogens with two attached hydrogens (primary N) is 1. The lowest BCUT2D eigenvalue weighted by molar-refractivity contribution is 0.210. The zero-order chi connectivity index (χ0) is 7.56. The van der Waals surface area contributed by atoms with Crippen molar-refractivity contribution in [2.75, 3.05) is 0 Å². The van der Waals surface area contributed by atoms with E-state index in [-0.39, 0.29) is 0 Å². The first kappa shape index (κ1) is 7.01. The number of primary amides is 1. The maximum absolute atomic E-state index is 10.1. The third kappa shape index (κ3) is 1.70. The second-order valence-corrected chi connectivity index (χ2v) is 2.86. The number of nitrogens with zero attached hydrogens (tertiary/aromatic N) is 1. The lowest BCUT2D eigenvalue weighted by Gasteiger charge is -1.90. The SMILES string of the molecule is Cc1cnc(OC(N)=O)s1. The minimum Gasteiger partial charge on any atom is -0.381 e. The Kier molecular flexibility index (Phi) is 1.86. The second kappa shape index (κ2) is 2.66. The summed E-state index contributed by atoms with van der Waals surface area (Å²) in [4.78, 5) is 14.9. The van der Waals surface area contributed by atoms with Crippen molar-refractivity contribution in [3.8, 4) is 5.19 Å². The number of carbonyl (C=O) groups excluding carboxylic acids is 1. The summed E-state index contributed by atoms with van der Waals surface area (Å²) < 4.78 is 4.48. The summed E-state index contributed by atoms with van der Waals surface area (Å²) in [5.41, 5.74) is 4.74. The molecule has 0 bridgehead atoms. The molecule has 0 saturated heterocycles.